The Bertz CT molecular complexity index is 569. The molecule has 1 aromatic carbocycles. The fourth-order valence-electron chi connectivity index (χ4n) is 3.12. The number of benzene rings is 1. The highest BCUT2D eigenvalue weighted by atomic mass is 32.2. The highest BCUT2D eigenvalue weighted by molar-refractivity contribution is 7.90. The monoisotopic (exact) mass is 308 g/mol. The van der Waals surface area contributed by atoms with Crippen molar-refractivity contribution in [2.45, 2.75) is 43.5 Å². The highest BCUT2D eigenvalue weighted by Crippen LogP contribution is 2.32. The minimum absolute atomic E-state index is 0.105. The van der Waals surface area contributed by atoms with Crippen LogP contribution in [0.2, 0.25) is 0 Å². The van der Waals surface area contributed by atoms with Gasteiger partial charge in [0.25, 0.3) is 0 Å². The third-order valence-electron chi connectivity index (χ3n) is 4.59. The van der Waals surface area contributed by atoms with Crippen molar-refractivity contribution in [1.82, 2.24) is 9.21 Å². The molecule has 0 amide bonds. The van der Waals surface area contributed by atoms with Crippen molar-refractivity contribution in [1.29, 1.82) is 0 Å². The minimum Gasteiger partial charge on any atom is -0.297 e. The molecule has 3 rings (SSSR count). The van der Waals surface area contributed by atoms with E-state index >= 15 is 0 Å². The fraction of sp³-hybridized carbons (Fsp3) is 0.625. The van der Waals surface area contributed by atoms with Crippen molar-refractivity contribution in [3.05, 3.63) is 35.9 Å². The number of rotatable bonds is 5. The number of piperidine rings is 1. The van der Waals surface area contributed by atoms with Crippen LogP contribution in [0.3, 0.4) is 0 Å². The summed E-state index contributed by atoms with van der Waals surface area (Å²) in [5.41, 5.74) is 1.30. The predicted molar refractivity (Wildman–Crippen MR) is 84.4 cm³/mol. The first-order valence-corrected chi connectivity index (χ1v) is 9.31. The topological polar surface area (TPSA) is 40.6 Å². The molecule has 1 aliphatic heterocycles. The van der Waals surface area contributed by atoms with Crippen molar-refractivity contribution < 1.29 is 8.42 Å². The maximum atomic E-state index is 12.4. The quantitative estimate of drug-likeness (QED) is 0.836. The van der Waals surface area contributed by atoms with Crippen LogP contribution >= 0.6 is 0 Å². The lowest BCUT2D eigenvalue weighted by molar-refractivity contribution is 0.153. The number of hydrogen-bond donors (Lipinski definition) is 0. The smallest absolute Gasteiger partial charge is 0.217 e. The van der Waals surface area contributed by atoms with Gasteiger partial charge in [-0.2, -0.15) is 0 Å². The van der Waals surface area contributed by atoms with Crippen LogP contribution in [0.4, 0.5) is 0 Å². The van der Waals surface area contributed by atoms with E-state index < -0.39 is 10.0 Å². The standard InChI is InChI=1S/C16H24N2O2S/c1-17(21(19,20)16-9-10-16)15-8-5-11-18(13-15)12-14-6-3-2-4-7-14/h2-4,6-7,15-16H,5,8-13H2,1H3. The zero-order valence-corrected chi connectivity index (χ0v) is 13.4. The molecular weight excluding hydrogens is 284 g/mol. The molecule has 116 valence electrons. The molecule has 1 unspecified atom stereocenters. The van der Waals surface area contributed by atoms with Gasteiger partial charge in [-0.1, -0.05) is 30.3 Å². The van der Waals surface area contributed by atoms with Crippen molar-refractivity contribution >= 4 is 10.0 Å². The van der Waals surface area contributed by atoms with E-state index in [1.54, 1.807) is 11.4 Å². The largest absolute Gasteiger partial charge is 0.297 e. The van der Waals surface area contributed by atoms with E-state index in [1.807, 2.05) is 6.07 Å². The van der Waals surface area contributed by atoms with E-state index in [1.165, 1.54) is 5.56 Å². The highest BCUT2D eigenvalue weighted by Gasteiger charge is 2.41. The lowest BCUT2D eigenvalue weighted by Gasteiger charge is -2.37. The van der Waals surface area contributed by atoms with Gasteiger partial charge in [0.2, 0.25) is 10.0 Å². The van der Waals surface area contributed by atoms with Crippen molar-refractivity contribution in [2.24, 2.45) is 0 Å². The van der Waals surface area contributed by atoms with E-state index in [4.69, 9.17) is 0 Å². The second-order valence-electron chi connectivity index (χ2n) is 6.28. The van der Waals surface area contributed by atoms with Gasteiger partial charge in [0.1, 0.15) is 0 Å². The van der Waals surface area contributed by atoms with Gasteiger partial charge in [-0.15, -0.1) is 0 Å². The summed E-state index contributed by atoms with van der Waals surface area (Å²) in [6, 6.07) is 10.5. The summed E-state index contributed by atoms with van der Waals surface area (Å²) in [5.74, 6) is 0. The lowest BCUT2D eigenvalue weighted by atomic mass is 10.1. The lowest BCUT2D eigenvalue weighted by Crippen LogP contribution is -2.48. The third-order valence-corrected chi connectivity index (χ3v) is 7.01. The Morgan fingerprint density at radius 2 is 1.90 bits per heavy atom. The minimum atomic E-state index is -3.06. The first kappa shape index (κ1) is 15.0. The molecule has 1 aliphatic carbocycles. The molecule has 1 aromatic rings. The summed E-state index contributed by atoms with van der Waals surface area (Å²) in [7, 11) is -1.29. The average Bonchev–Trinajstić information content (AvgIpc) is 3.33. The van der Waals surface area contributed by atoms with Gasteiger partial charge in [-0.05, 0) is 37.8 Å². The van der Waals surface area contributed by atoms with Crippen molar-refractivity contribution in [3.8, 4) is 0 Å². The van der Waals surface area contributed by atoms with Crippen LogP contribution in [0.1, 0.15) is 31.2 Å². The molecule has 1 saturated heterocycles. The predicted octanol–water partition coefficient (Wildman–Crippen LogP) is 2.07. The van der Waals surface area contributed by atoms with E-state index in [-0.39, 0.29) is 11.3 Å². The van der Waals surface area contributed by atoms with Gasteiger partial charge in [0.05, 0.1) is 5.25 Å². The molecule has 4 nitrogen and oxygen atoms in total. The van der Waals surface area contributed by atoms with Crippen LogP contribution < -0.4 is 0 Å². The zero-order valence-electron chi connectivity index (χ0n) is 12.6. The first-order chi connectivity index (χ1) is 10.1. The summed E-state index contributed by atoms with van der Waals surface area (Å²) < 4.78 is 26.4. The Hall–Kier alpha value is -0.910. The molecule has 0 bridgehead atoms. The number of nitrogens with zero attached hydrogens (tertiary/aromatic N) is 2. The molecule has 0 aromatic heterocycles. The Balaban J connectivity index is 1.63. The molecule has 1 saturated carbocycles. The fourth-order valence-corrected chi connectivity index (χ4v) is 4.91. The van der Waals surface area contributed by atoms with Crippen molar-refractivity contribution in [3.63, 3.8) is 0 Å². The van der Waals surface area contributed by atoms with E-state index in [0.29, 0.717) is 0 Å². The van der Waals surface area contributed by atoms with Crippen LogP contribution in [-0.4, -0.2) is 49.1 Å². The first-order valence-electron chi connectivity index (χ1n) is 7.80. The molecule has 2 aliphatic rings. The Morgan fingerprint density at radius 3 is 2.57 bits per heavy atom. The second kappa shape index (κ2) is 6.07. The molecule has 1 atom stereocenters. The Kier molecular flexibility index (Phi) is 4.33. The number of likely N-dealkylation sites (N-methyl/N-ethyl adjacent to an activating group) is 1. The molecule has 0 N–H and O–H groups in total. The molecule has 2 fully saturated rings. The van der Waals surface area contributed by atoms with E-state index in [0.717, 1.165) is 45.3 Å². The zero-order chi connectivity index (χ0) is 14.9. The Morgan fingerprint density at radius 1 is 1.19 bits per heavy atom. The summed E-state index contributed by atoms with van der Waals surface area (Å²) in [4.78, 5) is 2.38. The molecule has 1 heterocycles. The van der Waals surface area contributed by atoms with Crippen LogP contribution in [0.15, 0.2) is 30.3 Å². The number of likely N-dealkylation sites (tertiary alicyclic amines) is 1. The van der Waals surface area contributed by atoms with Crippen LogP contribution in [-0.2, 0) is 16.6 Å². The van der Waals surface area contributed by atoms with Gasteiger partial charge in [0, 0.05) is 26.2 Å². The summed E-state index contributed by atoms with van der Waals surface area (Å²) in [6.45, 7) is 2.81. The van der Waals surface area contributed by atoms with Crippen molar-refractivity contribution in [2.75, 3.05) is 20.1 Å². The molecule has 5 heteroatoms. The second-order valence-corrected chi connectivity index (χ2v) is 8.55. The van der Waals surface area contributed by atoms with Gasteiger partial charge < -0.3 is 0 Å². The van der Waals surface area contributed by atoms with Gasteiger partial charge in [-0.25, -0.2) is 12.7 Å². The molecule has 0 spiro atoms. The van der Waals surface area contributed by atoms with Crippen LogP contribution in [0, 0.1) is 0 Å². The average molecular weight is 308 g/mol. The van der Waals surface area contributed by atoms with Gasteiger partial charge in [-0.3, -0.25) is 4.90 Å². The van der Waals surface area contributed by atoms with E-state index in [2.05, 4.69) is 29.2 Å². The van der Waals surface area contributed by atoms with Crippen LogP contribution in [0.25, 0.3) is 0 Å². The summed E-state index contributed by atoms with van der Waals surface area (Å²) in [5, 5.41) is -0.105. The van der Waals surface area contributed by atoms with Crippen LogP contribution in [0.5, 0.6) is 0 Å². The third kappa shape index (κ3) is 3.47. The van der Waals surface area contributed by atoms with Gasteiger partial charge >= 0.3 is 0 Å². The number of sulfonamides is 1. The maximum Gasteiger partial charge on any atom is 0.217 e. The molecular formula is C16H24N2O2S. The summed E-state index contributed by atoms with van der Waals surface area (Å²) in [6.07, 6.45) is 3.73. The Labute approximate surface area is 127 Å². The number of hydrogen-bond acceptors (Lipinski definition) is 3. The van der Waals surface area contributed by atoms with E-state index in [9.17, 15) is 8.42 Å². The summed E-state index contributed by atoms with van der Waals surface area (Å²) >= 11 is 0. The normalized spacial score (nSPS) is 24.4. The maximum absolute atomic E-state index is 12.4. The molecule has 0 radical (unpaired) electrons. The SMILES string of the molecule is CN(C1CCCN(Cc2ccccc2)C1)S(=O)(=O)C1CC1. The van der Waals surface area contributed by atoms with Gasteiger partial charge in [0.15, 0.2) is 0 Å². The molecule has 21 heavy (non-hydrogen) atoms.